The van der Waals surface area contributed by atoms with Gasteiger partial charge in [0.2, 0.25) is 0 Å². The van der Waals surface area contributed by atoms with Gasteiger partial charge in [-0.2, -0.15) is 0 Å². The summed E-state index contributed by atoms with van der Waals surface area (Å²) in [4.78, 5) is 24.4. The third kappa shape index (κ3) is 4.15. The number of rotatable bonds is 8. The molecule has 0 atom stereocenters. The van der Waals surface area contributed by atoms with Gasteiger partial charge in [0, 0.05) is 23.3 Å². The van der Waals surface area contributed by atoms with E-state index < -0.39 is 11.9 Å². The Kier molecular flexibility index (Phi) is 7.01. The number of carbonyl (C=O) groups is 2. The zero-order chi connectivity index (χ0) is 19.1. The molecule has 2 aromatic rings. The molecule has 0 saturated heterocycles. The van der Waals surface area contributed by atoms with Crippen LogP contribution in [0.2, 0.25) is 0 Å². The number of esters is 2. The van der Waals surface area contributed by atoms with Gasteiger partial charge < -0.3 is 14.2 Å². The summed E-state index contributed by atoms with van der Waals surface area (Å²) in [5, 5.41) is 1.47. The fraction of sp³-hybridized carbons (Fsp3) is 0.429. The van der Waals surface area contributed by atoms with Gasteiger partial charge in [-0.3, -0.25) is 4.79 Å². The second-order valence-corrected chi connectivity index (χ2v) is 6.03. The minimum atomic E-state index is -0.463. The summed E-state index contributed by atoms with van der Waals surface area (Å²) in [6.07, 6.45) is 3.53. The van der Waals surface area contributed by atoms with Crippen molar-refractivity contribution in [1.82, 2.24) is 0 Å². The first-order valence-corrected chi connectivity index (χ1v) is 9.02. The van der Waals surface area contributed by atoms with Crippen molar-refractivity contribution >= 4 is 22.7 Å². The molecule has 0 radical (unpaired) electrons. The first kappa shape index (κ1) is 19.8. The van der Waals surface area contributed by atoms with Crippen LogP contribution in [0.1, 0.15) is 56.0 Å². The minimum Gasteiger partial charge on any atom is -0.495 e. The predicted molar refractivity (Wildman–Crippen MR) is 101 cm³/mol. The van der Waals surface area contributed by atoms with Crippen molar-refractivity contribution in [2.45, 2.75) is 46.5 Å². The molecule has 5 nitrogen and oxygen atoms in total. The number of hydrogen-bond acceptors (Lipinski definition) is 5. The van der Waals surface area contributed by atoms with E-state index in [1.54, 1.807) is 6.92 Å². The van der Waals surface area contributed by atoms with Crippen LogP contribution >= 0.6 is 0 Å². The normalized spacial score (nSPS) is 10.6. The fourth-order valence-corrected chi connectivity index (χ4v) is 3.11. The van der Waals surface area contributed by atoms with Gasteiger partial charge in [-0.25, -0.2) is 4.79 Å². The lowest BCUT2D eigenvalue weighted by molar-refractivity contribution is -0.131. The topological polar surface area (TPSA) is 61.8 Å². The first-order valence-electron chi connectivity index (χ1n) is 9.02. The van der Waals surface area contributed by atoms with Crippen LogP contribution in [0.25, 0.3) is 10.8 Å². The maximum Gasteiger partial charge on any atom is 0.342 e. The molecule has 0 unspecified atom stereocenters. The zero-order valence-electron chi connectivity index (χ0n) is 15.9. The van der Waals surface area contributed by atoms with Gasteiger partial charge in [0.05, 0.1) is 13.7 Å². The monoisotopic (exact) mass is 358 g/mol. The van der Waals surface area contributed by atoms with Crippen molar-refractivity contribution < 1.29 is 23.8 Å². The third-order valence-electron chi connectivity index (χ3n) is 4.18. The number of hydrogen-bond donors (Lipinski definition) is 0. The van der Waals surface area contributed by atoms with E-state index in [-0.39, 0.29) is 6.61 Å². The van der Waals surface area contributed by atoms with Crippen LogP contribution in [0.15, 0.2) is 24.3 Å². The summed E-state index contributed by atoms with van der Waals surface area (Å²) >= 11 is 0. The average molecular weight is 358 g/mol. The van der Waals surface area contributed by atoms with Gasteiger partial charge in [0.25, 0.3) is 0 Å². The van der Waals surface area contributed by atoms with E-state index in [0.29, 0.717) is 34.4 Å². The Balaban J connectivity index is 2.81. The van der Waals surface area contributed by atoms with Gasteiger partial charge in [-0.1, -0.05) is 44.0 Å². The second kappa shape index (κ2) is 9.22. The van der Waals surface area contributed by atoms with Crippen LogP contribution in [-0.2, 0) is 16.0 Å². The molecular weight excluding hydrogens is 332 g/mol. The molecule has 0 amide bonds. The molecule has 26 heavy (non-hydrogen) atoms. The van der Waals surface area contributed by atoms with E-state index in [4.69, 9.17) is 14.2 Å². The molecule has 5 heteroatoms. The highest BCUT2D eigenvalue weighted by Gasteiger charge is 2.27. The maximum atomic E-state index is 12.7. The van der Waals surface area contributed by atoms with Gasteiger partial charge in [-0.05, 0) is 19.8 Å². The fourth-order valence-electron chi connectivity index (χ4n) is 3.11. The summed E-state index contributed by atoms with van der Waals surface area (Å²) in [6.45, 7) is 5.49. The zero-order valence-corrected chi connectivity index (χ0v) is 15.9. The van der Waals surface area contributed by atoms with Gasteiger partial charge in [0.1, 0.15) is 17.1 Å². The standard InChI is InChI=1S/C21H26O5/c1-5-7-8-13-17-18(21(23)25-6-2)20(24-4)16-12-10-9-11-15(16)19(17)26-14(3)22/h9-12H,5-8,13H2,1-4H3. The largest absolute Gasteiger partial charge is 0.495 e. The van der Waals surface area contributed by atoms with Crippen LogP contribution in [0, 0.1) is 0 Å². The summed E-state index contributed by atoms with van der Waals surface area (Å²) in [6, 6.07) is 7.44. The molecule has 0 saturated carbocycles. The Morgan fingerprint density at radius 2 is 1.65 bits per heavy atom. The first-order chi connectivity index (χ1) is 12.5. The predicted octanol–water partition coefficient (Wildman–Crippen LogP) is 4.68. The smallest absolute Gasteiger partial charge is 0.342 e. The highest BCUT2D eigenvalue weighted by molar-refractivity contribution is 6.06. The summed E-state index contributed by atoms with van der Waals surface area (Å²) in [7, 11) is 1.53. The van der Waals surface area contributed by atoms with Gasteiger partial charge in [0.15, 0.2) is 0 Å². The minimum absolute atomic E-state index is 0.256. The molecule has 0 spiro atoms. The van der Waals surface area contributed by atoms with Crippen molar-refractivity contribution in [3.8, 4) is 11.5 Å². The molecule has 2 aromatic carbocycles. The highest BCUT2D eigenvalue weighted by atomic mass is 16.5. The molecule has 0 aromatic heterocycles. The van der Waals surface area contributed by atoms with Crippen molar-refractivity contribution in [3.63, 3.8) is 0 Å². The Labute approximate surface area is 154 Å². The lowest BCUT2D eigenvalue weighted by atomic mass is 9.94. The summed E-state index contributed by atoms with van der Waals surface area (Å²) in [5.74, 6) is -0.00335. The van der Waals surface area contributed by atoms with Gasteiger partial charge in [-0.15, -0.1) is 0 Å². The highest BCUT2D eigenvalue weighted by Crippen LogP contribution is 2.42. The lowest BCUT2D eigenvalue weighted by Gasteiger charge is -2.20. The number of benzene rings is 2. The van der Waals surface area contributed by atoms with E-state index in [9.17, 15) is 9.59 Å². The Morgan fingerprint density at radius 1 is 1.00 bits per heavy atom. The Bertz CT molecular complexity index is 795. The van der Waals surface area contributed by atoms with E-state index in [1.165, 1.54) is 14.0 Å². The number of ether oxygens (including phenoxy) is 3. The Hall–Kier alpha value is -2.56. The van der Waals surface area contributed by atoms with Crippen LogP contribution in [0.4, 0.5) is 0 Å². The molecule has 0 aliphatic carbocycles. The van der Waals surface area contributed by atoms with Crippen LogP contribution < -0.4 is 9.47 Å². The molecule has 0 aliphatic heterocycles. The molecular formula is C21H26O5. The van der Waals surface area contributed by atoms with E-state index in [0.717, 1.165) is 24.6 Å². The van der Waals surface area contributed by atoms with Crippen molar-refractivity contribution in [3.05, 3.63) is 35.4 Å². The second-order valence-electron chi connectivity index (χ2n) is 6.03. The van der Waals surface area contributed by atoms with Crippen LogP contribution in [0.3, 0.4) is 0 Å². The molecule has 0 N–H and O–H groups in total. The molecule has 140 valence electrons. The third-order valence-corrected chi connectivity index (χ3v) is 4.18. The molecule has 0 heterocycles. The van der Waals surface area contributed by atoms with E-state index in [2.05, 4.69) is 6.92 Å². The van der Waals surface area contributed by atoms with E-state index in [1.807, 2.05) is 24.3 Å². The Morgan fingerprint density at radius 3 is 2.19 bits per heavy atom. The lowest BCUT2D eigenvalue weighted by Crippen LogP contribution is -2.14. The molecule has 0 bridgehead atoms. The quantitative estimate of drug-likeness (QED) is 0.389. The maximum absolute atomic E-state index is 12.7. The van der Waals surface area contributed by atoms with Crippen molar-refractivity contribution in [2.75, 3.05) is 13.7 Å². The number of unbranched alkanes of at least 4 members (excludes halogenated alkanes) is 2. The van der Waals surface area contributed by atoms with Gasteiger partial charge >= 0.3 is 11.9 Å². The SMILES string of the molecule is CCCCCc1c(C(=O)OCC)c(OC)c2ccccc2c1OC(C)=O. The molecule has 2 rings (SSSR count). The summed E-state index contributed by atoms with van der Waals surface area (Å²) in [5.41, 5.74) is 1.02. The number of methoxy groups -OCH3 is 1. The summed E-state index contributed by atoms with van der Waals surface area (Å²) < 4.78 is 16.4. The average Bonchev–Trinajstić information content (AvgIpc) is 2.62. The van der Waals surface area contributed by atoms with Crippen LogP contribution in [0.5, 0.6) is 11.5 Å². The molecule has 0 aliphatic rings. The van der Waals surface area contributed by atoms with E-state index >= 15 is 0 Å². The number of carbonyl (C=O) groups excluding carboxylic acids is 2. The van der Waals surface area contributed by atoms with Crippen LogP contribution in [-0.4, -0.2) is 25.7 Å². The molecule has 0 fully saturated rings. The number of fused-ring (bicyclic) bond motifs is 1. The van der Waals surface area contributed by atoms with Crippen molar-refractivity contribution in [1.29, 1.82) is 0 Å². The van der Waals surface area contributed by atoms with Crippen molar-refractivity contribution in [2.24, 2.45) is 0 Å².